The first-order chi connectivity index (χ1) is 4.16. The molecule has 0 spiro atoms. The summed E-state index contributed by atoms with van der Waals surface area (Å²) in [6.07, 6.45) is 1.82. The summed E-state index contributed by atoms with van der Waals surface area (Å²) < 4.78 is 0. The lowest BCUT2D eigenvalue weighted by Gasteiger charge is -1.79. The van der Waals surface area contributed by atoms with Gasteiger partial charge in [0.1, 0.15) is 0 Å². The average molecular weight is 193 g/mol. The first kappa shape index (κ1) is 8.36. The number of carbonyl (C=O) groups is 2. The van der Waals surface area contributed by atoms with Crippen molar-refractivity contribution in [3.05, 3.63) is 12.2 Å². The molecule has 0 fully saturated rings. The zero-order valence-corrected chi connectivity index (χ0v) is 6.09. The minimum absolute atomic E-state index is 0.163. The predicted octanol–water partition coefficient (Wildman–Crippen LogP) is 0.591. The first-order valence-corrected chi connectivity index (χ1v) is 3.28. The van der Waals surface area contributed by atoms with Crippen LogP contribution in [0.15, 0.2) is 12.2 Å². The van der Waals surface area contributed by atoms with E-state index >= 15 is 0 Å². The van der Waals surface area contributed by atoms with Crippen molar-refractivity contribution in [2.45, 2.75) is 0 Å². The molecule has 0 aromatic heterocycles. The van der Waals surface area contributed by atoms with E-state index < -0.39 is 5.97 Å². The molecule has 0 radical (unpaired) electrons. The molecule has 0 saturated carbocycles. The summed E-state index contributed by atoms with van der Waals surface area (Å²) >= 11 is 2.87. The van der Waals surface area contributed by atoms with E-state index in [0.29, 0.717) is 0 Å². The van der Waals surface area contributed by atoms with Crippen molar-refractivity contribution in [2.24, 2.45) is 0 Å². The Morgan fingerprint density at radius 1 is 1.44 bits per heavy atom. The fourth-order valence-corrected chi connectivity index (χ4v) is 0.396. The van der Waals surface area contributed by atoms with Crippen LogP contribution < -0.4 is 0 Å². The summed E-state index contributed by atoms with van der Waals surface area (Å²) in [5, 5.41) is 8.17. The summed E-state index contributed by atoms with van der Waals surface area (Å²) in [6, 6.07) is 0. The molecule has 3 nitrogen and oxygen atoms in total. The maximum absolute atomic E-state index is 10.3. The molecule has 0 aromatic rings. The number of allylic oxidation sites excluding steroid dienone is 1. The minimum Gasteiger partial charge on any atom is -0.478 e. The van der Waals surface area contributed by atoms with Crippen molar-refractivity contribution < 1.29 is 14.7 Å². The highest BCUT2D eigenvalue weighted by molar-refractivity contribution is 9.09. The molecule has 9 heavy (non-hydrogen) atoms. The number of aliphatic carboxylic acids is 1. The SMILES string of the molecule is O=C(O)/C=C/C(=O)CBr. The van der Waals surface area contributed by atoms with Crippen LogP contribution in [0.2, 0.25) is 0 Å². The third kappa shape index (κ3) is 5.23. The number of carboxylic acids is 1. The number of hydrogen-bond acceptors (Lipinski definition) is 2. The Morgan fingerprint density at radius 2 is 2.00 bits per heavy atom. The van der Waals surface area contributed by atoms with Crippen LogP contribution in [0.25, 0.3) is 0 Å². The molecule has 4 heteroatoms. The summed E-state index contributed by atoms with van der Waals surface area (Å²) in [4.78, 5) is 20.1. The molecular weight excluding hydrogens is 188 g/mol. The highest BCUT2D eigenvalue weighted by Crippen LogP contribution is 1.83. The van der Waals surface area contributed by atoms with E-state index in [-0.39, 0.29) is 11.1 Å². The Morgan fingerprint density at radius 3 is 2.33 bits per heavy atom. The van der Waals surface area contributed by atoms with Gasteiger partial charge in [-0.15, -0.1) is 0 Å². The molecule has 0 rings (SSSR count). The van der Waals surface area contributed by atoms with E-state index in [9.17, 15) is 9.59 Å². The zero-order valence-electron chi connectivity index (χ0n) is 4.50. The van der Waals surface area contributed by atoms with E-state index in [1.807, 2.05) is 0 Å². The van der Waals surface area contributed by atoms with Crippen LogP contribution in [-0.2, 0) is 9.59 Å². The van der Waals surface area contributed by atoms with Crippen molar-refractivity contribution in [2.75, 3.05) is 5.33 Å². The molecule has 0 bridgehead atoms. The largest absolute Gasteiger partial charge is 0.478 e. The zero-order chi connectivity index (χ0) is 7.28. The van der Waals surface area contributed by atoms with Gasteiger partial charge in [0.25, 0.3) is 0 Å². The van der Waals surface area contributed by atoms with Crippen molar-refractivity contribution in [1.82, 2.24) is 0 Å². The number of ketones is 1. The topological polar surface area (TPSA) is 54.4 Å². The number of alkyl halides is 1. The van der Waals surface area contributed by atoms with E-state index in [2.05, 4.69) is 15.9 Å². The standard InChI is InChI=1S/C5H5BrO3/c6-3-4(7)1-2-5(8)9/h1-2H,3H2,(H,8,9)/b2-1+. The van der Waals surface area contributed by atoms with Crippen LogP contribution in [0.3, 0.4) is 0 Å². The minimum atomic E-state index is -1.11. The maximum atomic E-state index is 10.3. The predicted molar refractivity (Wildman–Crippen MR) is 35.6 cm³/mol. The van der Waals surface area contributed by atoms with Gasteiger partial charge in [0.05, 0.1) is 5.33 Å². The normalized spacial score (nSPS) is 9.89. The molecule has 0 unspecified atom stereocenters. The number of hydrogen-bond donors (Lipinski definition) is 1. The van der Waals surface area contributed by atoms with Crippen LogP contribution in [0.5, 0.6) is 0 Å². The third-order valence-corrected chi connectivity index (χ3v) is 1.10. The van der Waals surface area contributed by atoms with Crippen LogP contribution in [0.1, 0.15) is 0 Å². The summed E-state index contributed by atoms with van der Waals surface area (Å²) in [7, 11) is 0. The second kappa shape index (κ2) is 4.26. The first-order valence-electron chi connectivity index (χ1n) is 2.16. The van der Waals surface area contributed by atoms with Gasteiger partial charge in [-0.2, -0.15) is 0 Å². The lowest BCUT2D eigenvalue weighted by atomic mass is 10.4. The molecular formula is C5H5BrO3. The quantitative estimate of drug-likeness (QED) is 0.527. The Labute approximate surface area is 60.5 Å². The van der Waals surface area contributed by atoms with Gasteiger partial charge in [-0.1, -0.05) is 15.9 Å². The van der Waals surface area contributed by atoms with Gasteiger partial charge in [0.15, 0.2) is 5.78 Å². The Hall–Kier alpha value is -0.640. The Balaban J connectivity index is 3.71. The van der Waals surface area contributed by atoms with Crippen molar-refractivity contribution in [1.29, 1.82) is 0 Å². The Bertz CT molecular complexity index is 150. The fraction of sp³-hybridized carbons (Fsp3) is 0.200. The molecule has 0 aliphatic heterocycles. The summed E-state index contributed by atoms with van der Waals surface area (Å²) in [5.74, 6) is -1.36. The lowest BCUT2D eigenvalue weighted by molar-refractivity contribution is -0.131. The molecule has 0 amide bonds. The van der Waals surface area contributed by atoms with Crippen LogP contribution in [0.4, 0.5) is 0 Å². The van der Waals surface area contributed by atoms with Gasteiger partial charge in [-0.25, -0.2) is 4.79 Å². The molecule has 0 atom stereocenters. The maximum Gasteiger partial charge on any atom is 0.328 e. The number of halogens is 1. The van der Waals surface area contributed by atoms with E-state index in [1.54, 1.807) is 0 Å². The number of rotatable bonds is 3. The summed E-state index contributed by atoms with van der Waals surface area (Å²) in [5.41, 5.74) is 0. The molecule has 0 aromatic carbocycles. The monoisotopic (exact) mass is 192 g/mol. The van der Waals surface area contributed by atoms with E-state index in [4.69, 9.17) is 5.11 Å². The molecule has 50 valence electrons. The van der Waals surface area contributed by atoms with Crippen molar-refractivity contribution in [3.8, 4) is 0 Å². The second-order valence-electron chi connectivity index (χ2n) is 1.27. The van der Waals surface area contributed by atoms with E-state index in [1.165, 1.54) is 0 Å². The molecule has 0 aliphatic carbocycles. The van der Waals surface area contributed by atoms with Gasteiger partial charge in [-0.05, 0) is 6.08 Å². The van der Waals surface area contributed by atoms with Gasteiger partial charge in [-0.3, -0.25) is 4.79 Å². The fourth-order valence-electron chi connectivity index (χ4n) is 0.209. The number of carbonyl (C=O) groups excluding carboxylic acids is 1. The van der Waals surface area contributed by atoms with Gasteiger partial charge >= 0.3 is 5.97 Å². The van der Waals surface area contributed by atoms with Crippen LogP contribution >= 0.6 is 15.9 Å². The van der Waals surface area contributed by atoms with Crippen LogP contribution in [-0.4, -0.2) is 22.2 Å². The van der Waals surface area contributed by atoms with Gasteiger partial charge < -0.3 is 5.11 Å². The highest BCUT2D eigenvalue weighted by atomic mass is 79.9. The second-order valence-corrected chi connectivity index (χ2v) is 1.83. The van der Waals surface area contributed by atoms with Gasteiger partial charge in [0, 0.05) is 6.08 Å². The summed E-state index contributed by atoms with van der Waals surface area (Å²) in [6.45, 7) is 0. The average Bonchev–Trinajstić information content (AvgIpc) is 1.83. The van der Waals surface area contributed by atoms with Crippen molar-refractivity contribution >= 4 is 27.7 Å². The van der Waals surface area contributed by atoms with E-state index in [0.717, 1.165) is 12.2 Å². The lowest BCUT2D eigenvalue weighted by Crippen LogP contribution is -1.95. The molecule has 0 aliphatic rings. The highest BCUT2D eigenvalue weighted by Gasteiger charge is 1.91. The molecule has 0 saturated heterocycles. The van der Waals surface area contributed by atoms with Crippen LogP contribution in [0, 0.1) is 0 Å². The smallest absolute Gasteiger partial charge is 0.328 e. The molecule has 0 heterocycles. The Kier molecular flexibility index (Phi) is 3.96. The third-order valence-electron chi connectivity index (χ3n) is 0.544. The van der Waals surface area contributed by atoms with Crippen molar-refractivity contribution in [3.63, 3.8) is 0 Å². The number of carboxylic acid groups (broad SMARTS) is 1. The van der Waals surface area contributed by atoms with Gasteiger partial charge in [0.2, 0.25) is 0 Å². The molecule has 1 N–H and O–H groups in total.